The van der Waals surface area contributed by atoms with Gasteiger partial charge in [-0.25, -0.2) is 0 Å². The summed E-state index contributed by atoms with van der Waals surface area (Å²) < 4.78 is 5.14. The molecule has 0 aromatic heterocycles. The van der Waals surface area contributed by atoms with Crippen molar-refractivity contribution in [2.45, 2.75) is 26.7 Å². The number of carbonyl (C=O) groups excluding carboxylic acids is 1. The largest absolute Gasteiger partial charge is 0.381 e. The molecule has 0 aliphatic carbocycles. The van der Waals surface area contributed by atoms with Crippen LogP contribution in [0.15, 0.2) is 0 Å². The maximum absolute atomic E-state index is 11.5. The number of amides is 1. The van der Waals surface area contributed by atoms with Gasteiger partial charge in [-0.05, 0) is 38.3 Å². The number of carbonyl (C=O) groups is 1. The zero-order chi connectivity index (χ0) is 11.8. The molecule has 16 heavy (non-hydrogen) atoms. The summed E-state index contributed by atoms with van der Waals surface area (Å²) in [7, 11) is 0. The van der Waals surface area contributed by atoms with Gasteiger partial charge in [0.15, 0.2) is 0 Å². The van der Waals surface area contributed by atoms with E-state index in [4.69, 9.17) is 4.74 Å². The van der Waals surface area contributed by atoms with Crippen molar-refractivity contribution in [1.29, 1.82) is 0 Å². The summed E-state index contributed by atoms with van der Waals surface area (Å²) in [4.78, 5) is 11.5. The van der Waals surface area contributed by atoms with Gasteiger partial charge in [-0.1, -0.05) is 6.92 Å². The van der Waals surface area contributed by atoms with Gasteiger partial charge in [-0.3, -0.25) is 4.79 Å². The molecule has 0 spiro atoms. The summed E-state index contributed by atoms with van der Waals surface area (Å²) in [5.41, 5.74) is 0. The first-order valence-electron chi connectivity index (χ1n) is 6.29. The van der Waals surface area contributed by atoms with E-state index in [1.807, 2.05) is 6.92 Å². The van der Waals surface area contributed by atoms with Gasteiger partial charge in [0.1, 0.15) is 0 Å². The van der Waals surface area contributed by atoms with Gasteiger partial charge in [-0.15, -0.1) is 0 Å². The van der Waals surface area contributed by atoms with Crippen LogP contribution in [-0.2, 0) is 9.53 Å². The molecular weight excluding hydrogens is 204 g/mol. The highest BCUT2D eigenvalue weighted by Crippen LogP contribution is 2.17. The van der Waals surface area contributed by atoms with Crippen LogP contribution in [0.1, 0.15) is 26.7 Å². The van der Waals surface area contributed by atoms with E-state index in [2.05, 4.69) is 17.6 Å². The Morgan fingerprint density at radius 1 is 1.56 bits per heavy atom. The van der Waals surface area contributed by atoms with Crippen LogP contribution in [0.3, 0.4) is 0 Å². The second-order valence-electron chi connectivity index (χ2n) is 4.48. The summed E-state index contributed by atoms with van der Waals surface area (Å²) in [6, 6.07) is 0. The van der Waals surface area contributed by atoms with E-state index in [0.717, 1.165) is 19.6 Å². The molecule has 0 aromatic rings. The fraction of sp³-hybridized carbons (Fsp3) is 0.917. The highest BCUT2D eigenvalue weighted by Gasteiger charge is 2.21. The lowest BCUT2D eigenvalue weighted by atomic mass is 9.88. The van der Waals surface area contributed by atoms with E-state index in [1.165, 1.54) is 6.42 Å². The van der Waals surface area contributed by atoms with Crippen molar-refractivity contribution >= 4 is 5.91 Å². The highest BCUT2D eigenvalue weighted by atomic mass is 16.5. The Balaban J connectivity index is 2.10. The number of piperidine rings is 1. The van der Waals surface area contributed by atoms with Crippen molar-refractivity contribution in [3.63, 3.8) is 0 Å². The van der Waals surface area contributed by atoms with E-state index in [1.54, 1.807) is 0 Å². The SMILES string of the molecule is CCOCCC(=O)NCC1CNCCC1C. The first kappa shape index (κ1) is 13.5. The predicted molar refractivity (Wildman–Crippen MR) is 64.3 cm³/mol. The van der Waals surface area contributed by atoms with Crippen LogP contribution >= 0.6 is 0 Å². The van der Waals surface area contributed by atoms with E-state index >= 15 is 0 Å². The molecule has 0 aromatic carbocycles. The molecule has 4 heteroatoms. The van der Waals surface area contributed by atoms with Crippen LogP contribution in [0.4, 0.5) is 0 Å². The van der Waals surface area contributed by atoms with E-state index in [0.29, 0.717) is 31.5 Å². The minimum Gasteiger partial charge on any atom is -0.381 e. The number of ether oxygens (including phenoxy) is 1. The average molecular weight is 228 g/mol. The van der Waals surface area contributed by atoms with Crippen molar-refractivity contribution in [1.82, 2.24) is 10.6 Å². The Morgan fingerprint density at radius 3 is 3.06 bits per heavy atom. The Morgan fingerprint density at radius 2 is 2.38 bits per heavy atom. The minimum absolute atomic E-state index is 0.103. The third-order valence-corrected chi connectivity index (χ3v) is 3.23. The van der Waals surface area contributed by atoms with Crippen molar-refractivity contribution in [2.24, 2.45) is 11.8 Å². The van der Waals surface area contributed by atoms with Crippen molar-refractivity contribution in [3.05, 3.63) is 0 Å². The van der Waals surface area contributed by atoms with Crippen molar-refractivity contribution in [2.75, 3.05) is 32.8 Å². The van der Waals surface area contributed by atoms with Gasteiger partial charge in [0.25, 0.3) is 0 Å². The fourth-order valence-electron chi connectivity index (χ4n) is 1.97. The molecule has 1 rings (SSSR count). The standard InChI is InChI=1S/C12H24N2O2/c1-3-16-7-5-12(15)14-9-11-8-13-6-4-10(11)2/h10-11,13H,3-9H2,1-2H3,(H,14,15). The molecule has 1 fully saturated rings. The lowest BCUT2D eigenvalue weighted by Crippen LogP contribution is -2.42. The Hall–Kier alpha value is -0.610. The molecule has 1 saturated heterocycles. The molecular formula is C12H24N2O2. The smallest absolute Gasteiger partial charge is 0.222 e. The maximum atomic E-state index is 11.5. The molecule has 4 nitrogen and oxygen atoms in total. The third kappa shape index (κ3) is 4.94. The molecule has 1 amide bonds. The highest BCUT2D eigenvalue weighted by molar-refractivity contribution is 5.75. The lowest BCUT2D eigenvalue weighted by Gasteiger charge is -2.29. The van der Waals surface area contributed by atoms with Gasteiger partial charge in [-0.2, -0.15) is 0 Å². The van der Waals surface area contributed by atoms with Gasteiger partial charge in [0.2, 0.25) is 5.91 Å². The number of nitrogens with one attached hydrogen (secondary N) is 2. The van der Waals surface area contributed by atoms with E-state index < -0.39 is 0 Å². The van der Waals surface area contributed by atoms with Crippen molar-refractivity contribution < 1.29 is 9.53 Å². The van der Waals surface area contributed by atoms with Crippen molar-refractivity contribution in [3.8, 4) is 0 Å². The molecule has 0 bridgehead atoms. The Kier molecular flexibility index (Phi) is 6.42. The van der Waals surface area contributed by atoms with Crippen LogP contribution in [0, 0.1) is 11.8 Å². The molecule has 1 aliphatic rings. The monoisotopic (exact) mass is 228 g/mol. The molecule has 0 radical (unpaired) electrons. The Bertz CT molecular complexity index is 209. The van der Waals surface area contributed by atoms with Crippen LogP contribution in [0.25, 0.3) is 0 Å². The summed E-state index contributed by atoms with van der Waals surface area (Å²) in [6.07, 6.45) is 1.68. The molecule has 0 saturated carbocycles. The summed E-state index contributed by atoms with van der Waals surface area (Å²) in [5, 5.41) is 6.35. The zero-order valence-electron chi connectivity index (χ0n) is 10.4. The second-order valence-corrected chi connectivity index (χ2v) is 4.48. The molecule has 2 N–H and O–H groups in total. The van der Waals surface area contributed by atoms with Crippen LogP contribution in [0.5, 0.6) is 0 Å². The summed E-state index contributed by atoms with van der Waals surface area (Å²) >= 11 is 0. The molecule has 1 heterocycles. The van der Waals surface area contributed by atoms with E-state index in [9.17, 15) is 4.79 Å². The summed E-state index contributed by atoms with van der Waals surface area (Å²) in [6.45, 7) is 8.32. The van der Waals surface area contributed by atoms with E-state index in [-0.39, 0.29) is 5.91 Å². The first-order chi connectivity index (χ1) is 7.74. The van der Waals surface area contributed by atoms with Gasteiger partial charge in [0, 0.05) is 19.6 Å². The predicted octanol–water partition coefficient (Wildman–Crippen LogP) is 0.775. The Labute approximate surface area is 98.1 Å². The first-order valence-corrected chi connectivity index (χ1v) is 6.29. The maximum Gasteiger partial charge on any atom is 0.222 e. The van der Waals surface area contributed by atoms with Crippen LogP contribution in [0.2, 0.25) is 0 Å². The van der Waals surface area contributed by atoms with Crippen LogP contribution in [-0.4, -0.2) is 38.8 Å². The average Bonchev–Trinajstić information content (AvgIpc) is 2.28. The zero-order valence-corrected chi connectivity index (χ0v) is 10.4. The molecule has 1 aliphatic heterocycles. The molecule has 2 atom stereocenters. The number of hydrogen-bond donors (Lipinski definition) is 2. The normalized spacial score (nSPS) is 25.4. The number of rotatable bonds is 6. The lowest BCUT2D eigenvalue weighted by molar-refractivity contribution is -0.122. The van der Waals surface area contributed by atoms with Gasteiger partial charge in [0.05, 0.1) is 6.61 Å². The molecule has 94 valence electrons. The topological polar surface area (TPSA) is 50.4 Å². The third-order valence-electron chi connectivity index (χ3n) is 3.23. The van der Waals surface area contributed by atoms with Crippen LogP contribution < -0.4 is 10.6 Å². The second kappa shape index (κ2) is 7.63. The molecule has 2 unspecified atom stereocenters. The van der Waals surface area contributed by atoms with Gasteiger partial charge < -0.3 is 15.4 Å². The number of hydrogen-bond acceptors (Lipinski definition) is 3. The van der Waals surface area contributed by atoms with Gasteiger partial charge >= 0.3 is 0 Å². The quantitative estimate of drug-likeness (QED) is 0.660. The fourth-order valence-corrected chi connectivity index (χ4v) is 1.97. The minimum atomic E-state index is 0.103. The summed E-state index contributed by atoms with van der Waals surface area (Å²) in [5.74, 6) is 1.38.